The molecule has 1 aliphatic heterocycles. The first kappa shape index (κ1) is 14.3. The number of nitrogens with zero attached hydrogens (tertiary/aromatic N) is 2. The number of anilines is 1. The summed E-state index contributed by atoms with van der Waals surface area (Å²) in [6, 6.07) is 0.761. The van der Waals surface area contributed by atoms with Crippen LogP contribution in [0, 0.1) is 0 Å². The molecule has 2 heterocycles. The van der Waals surface area contributed by atoms with Gasteiger partial charge in [0.2, 0.25) is 0 Å². The Balaban J connectivity index is 1.70. The van der Waals surface area contributed by atoms with Crippen molar-refractivity contribution < 1.29 is 4.74 Å². The minimum absolute atomic E-state index is 0.305. The molecule has 1 N–H and O–H groups in total. The Morgan fingerprint density at radius 3 is 3.05 bits per heavy atom. The number of aryl methyl sites for hydroxylation is 1. The maximum Gasteiger partial charge on any atom is 0.185 e. The molecule has 1 aliphatic carbocycles. The number of aromatic nitrogens is 1. The van der Waals surface area contributed by atoms with Crippen molar-refractivity contribution in [2.45, 2.75) is 58.2 Å². The molecule has 0 aromatic carbocycles. The van der Waals surface area contributed by atoms with E-state index in [1.165, 1.54) is 28.5 Å². The van der Waals surface area contributed by atoms with Crippen LogP contribution in [0.4, 0.5) is 5.13 Å². The van der Waals surface area contributed by atoms with E-state index in [4.69, 9.17) is 9.72 Å². The van der Waals surface area contributed by atoms with E-state index in [1.54, 1.807) is 0 Å². The molecule has 1 saturated heterocycles. The molecule has 5 heteroatoms. The fourth-order valence-electron chi connectivity index (χ4n) is 2.61. The van der Waals surface area contributed by atoms with Crippen molar-refractivity contribution in [3.8, 4) is 0 Å². The SMILES string of the molecule is CCc1nc(N2CCCOC(C)C2)sc1CNC1CC1. The summed E-state index contributed by atoms with van der Waals surface area (Å²) >= 11 is 1.87. The highest BCUT2D eigenvalue weighted by Gasteiger charge is 2.23. The van der Waals surface area contributed by atoms with Crippen LogP contribution in [-0.2, 0) is 17.7 Å². The van der Waals surface area contributed by atoms with Crippen molar-refractivity contribution in [2.24, 2.45) is 0 Å². The van der Waals surface area contributed by atoms with Crippen LogP contribution in [-0.4, -0.2) is 36.8 Å². The van der Waals surface area contributed by atoms with Gasteiger partial charge in [0.05, 0.1) is 11.8 Å². The van der Waals surface area contributed by atoms with Crippen LogP contribution in [0.25, 0.3) is 0 Å². The second-order valence-electron chi connectivity index (χ2n) is 5.86. The lowest BCUT2D eigenvalue weighted by atomic mass is 10.3. The largest absolute Gasteiger partial charge is 0.377 e. The summed E-state index contributed by atoms with van der Waals surface area (Å²) in [6.07, 6.45) is 5.11. The van der Waals surface area contributed by atoms with Gasteiger partial charge in [-0.25, -0.2) is 4.98 Å². The van der Waals surface area contributed by atoms with E-state index in [0.29, 0.717) is 6.10 Å². The Kier molecular flexibility index (Phi) is 4.58. The Hall–Kier alpha value is -0.650. The molecular formula is C15H25N3OS. The molecule has 1 saturated carbocycles. The zero-order chi connectivity index (χ0) is 13.9. The molecule has 1 aromatic rings. The highest BCUT2D eigenvalue weighted by molar-refractivity contribution is 7.15. The van der Waals surface area contributed by atoms with Crippen molar-refractivity contribution >= 4 is 16.5 Å². The number of thiazole rings is 1. The zero-order valence-corrected chi connectivity index (χ0v) is 13.3. The first-order chi connectivity index (χ1) is 9.76. The molecule has 2 aliphatic rings. The van der Waals surface area contributed by atoms with Gasteiger partial charge in [-0.15, -0.1) is 11.3 Å². The molecule has 1 aromatic heterocycles. The number of nitrogens with one attached hydrogen (secondary N) is 1. The number of hydrogen-bond donors (Lipinski definition) is 1. The van der Waals surface area contributed by atoms with E-state index < -0.39 is 0 Å². The van der Waals surface area contributed by atoms with Crippen LogP contribution in [0.2, 0.25) is 0 Å². The molecule has 0 radical (unpaired) electrons. The lowest BCUT2D eigenvalue weighted by Crippen LogP contribution is -2.29. The molecule has 2 fully saturated rings. The summed E-state index contributed by atoms with van der Waals surface area (Å²) in [5, 5.41) is 4.80. The normalized spacial score (nSPS) is 23.9. The van der Waals surface area contributed by atoms with Gasteiger partial charge >= 0.3 is 0 Å². The third-order valence-corrected chi connectivity index (χ3v) is 5.11. The quantitative estimate of drug-likeness (QED) is 0.906. The zero-order valence-electron chi connectivity index (χ0n) is 12.5. The van der Waals surface area contributed by atoms with E-state index in [2.05, 4.69) is 24.1 Å². The summed E-state index contributed by atoms with van der Waals surface area (Å²) in [6.45, 7) is 8.25. The van der Waals surface area contributed by atoms with Gasteiger partial charge in [-0.2, -0.15) is 0 Å². The lowest BCUT2D eigenvalue weighted by Gasteiger charge is -2.20. The van der Waals surface area contributed by atoms with E-state index in [9.17, 15) is 0 Å². The van der Waals surface area contributed by atoms with Gasteiger partial charge in [0.15, 0.2) is 5.13 Å². The summed E-state index contributed by atoms with van der Waals surface area (Å²) in [5.74, 6) is 0. The maximum atomic E-state index is 5.73. The molecule has 3 rings (SSSR count). The maximum absolute atomic E-state index is 5.73. The van der Waals surface area contributed by atoms with Gasteiger partial charge in [-0.1, -0.05) is 6.92 Å². The molecule has 4 nitrogen and oxygen atoms in total. The smallest absolute Gasteiger partial charge is 0.185 e. The van der Waals surface area contributed by atoms with E-state index >= 15 is 0 Å². The highest BCUT2D eigenvalue weighted by Crippen LogP contribution is 2.29. The fourth-order valence-corrected chi connectivity index (χ4v) is 3.75. The molecule has 0 spiro atoms. The number of ether oxygens (including phenoxy) is 1. The molecular weight excluding hydrogens is 270 g/mol. The summed E-state index contributed by atoms with van der Waals surface area (Å²) in [4.78, 5) is 8.70. The van der Waals surface area contributed by atoms with Crippen molar-refractivity contribution in [3.05, 3.63) is 10.6 Å². The third-order valence-electron chi connectivity index (χ3n) is 3.95. The minimum atomic E-state index is 0.305. The Morgan fingerprint density at radius 2 is 2.30 bits per heavy atom. The number of hydrogen-bond acceptors (Lipinski definition) is 5. The average Bonchev–Trinajstić information content (AvgIpc) is 3.22. The van der Waals surface area contributed by atoms with Crippen LogP contribution in [0.1, 0.15) is 43.7 Å². The van der Waals surface area contributed by atoms with Gasteiger partial charge in [-0.05, 0) is 32.6 Å². The van der Waals surface area contributed by atoms with Gasteiger partial charge < -0.3 is 15.0 Å². The first-order valence-corrected chi connectivity index (χ1v) is 8.66. The summed E-state index contributed by atoms with van der Waals surface area (Å²) < 4.78 is 5.73. The standard InChI is InChI=1S/C15H25N3OS/c1-3-13-14(9-16-12-5-6-12)20-15(17-13)18-7-4-8-19-11(2)10-18/h11-12,16H,3-10H2,1-2H3. The Labute approximate surface area is 125 Å². The summed E-state index contributed by atoms with van der Waals surface area (Å²) in [5.41, 5.74) is 1.27. The molecule has 20 heavy (non-hydrogen) atoms. The van der Waals surface area contributed by atoms with Crippen LogP contribution >= 0.6 is 11.3 Å². The van der Waals surface area contributed by atoms with Gasteiger partial charge in [0.25, 0.3) is 0 Å². The van der Waals surface area contributed by atoms with Crippen molar-refractivity contribution in [2.75, 3.05) is 24.6 Å². The van der Waals surface area contributed by atoms with Crippen molar-refractivity contribution in [1.82, 2.24) is 10.3 Å². The first-order valence-electron chi connectivity index (χ1n) is 7.84. The Morgan fingerprint density at radius 1 is 1.45 bits per heavy atom. The van der Waals surface area contributed by atoms with Crippen molar-refractivity contribution in [3.63, 3.8) is 0 Å². The van der Waals surface area contributed by atoms with Crippen LogP contribution in [0.15, 0.2) is 0 Å². The van der Waals surface area contributed by atoms with Gasteiger partial charge in [0.1, 0.15) is 0 Å². The van der Waals surface area contributed by atoms with Crippen LogP contribution < -0.4 is 10.2 Å². The topological polar surface area (TPSA) is 37.4 Å². The minimum Gasteiger partial charge on any atom is -0.377 e. The molecule has 0 bridgehead atoms. The van der Waals surface area contributed by atoms with Crippen molar-refractivity contribution in [1.29, 1.82) is 0 Å². The highest BCUT2D eigenvalue weighted by atomic mass is 32.1. The molecule has 0 amide bonds. The monoisotopic (exact) mass is 295 g/mol. The van der Waals surface area contributed by atoms with Crippen LogP contribution in [0.5, 0.6) is 0 Å². The lowest BCUT2D eigenvalue weighted by molar-refractivity contribution is 0.0821. The van der Waals surface area contributed by atoms with E-state index in [0.717, 1.165) is 45.1 Å². The second kappa shape index (κ2) is 6.41. The van der Waals surface area contributed by atoms with Gasteiger partial charge in [0, 0.05) is 37.2 Å². The third kappa shape index (κ3) is 3.51. The van der Waals surface area contributed by atoms with E-state index in [-0.39, 0.29) is 0 Å². The number of rotatable bonds is 5. The fraction of sp³-hybridized carbons (Fsp3) is 0.800. The molecule has 1 unspecified atom stereocenters. The molecule has 1 atom stereocenters. The second-order valence-corrected chi connectivity index (χ2v) is 6.92. The average molecular weight is 295 g/mol. The predicted molar refractivity (Wildman–Crippen MR) is 83.6 cm³/mol. The molecule has 112 valence electrons. The Bertz CT molecular complexity index is 444. The van der Waals surface area contributed by atoms with E-state index in [1.807, 2.05) is 11.3 Å². The van der Waals surface area contributed by atoms with Gasteiger partial charge in [-0.3, -0.25) is 0 Å². The predicted octanol–water partition coefficient (Wildman–Crippen LogP) is 2.57. The summed E-state index contributed by atoms with van der Waals surface area (Å²) in [7, 11) is 0. The van der Waals surface area contributed by atoms with Crippen LogP contribution in [0.3, 0.4) is 0 Å².